The molecule has 2 fully saturated rings. The quantitative estimate of drug-likeness (QED) is 0.580. The van der Waals surface area contributed by atoms with E-state index in [2.05, 4.69) is 13.8 Å². The zero-order chi connectivity index (χ0) is 15.1. The molecule has 2 atom stereocenters. The Balaban J connectivity index is 1.61. The fraction of sp³-hybridized carbons (Fsp3) is 0.947. The smallest absolute Gasteiger partial charge is 0.309 e. The molecule has 2 rings (SSSR count). The van der Waals surface area contributed by atoms with Gasteiger partial charge in [0.2, 0.25) is 0 Å². The van der Waals surface area contributed by atoms with Crippen molar-refractivity contribution in [3.05, 3.63) is 0 Å². The van der Waals surface area contributed by atoms with Crippen molar-refractivity contribution < 1.29 is 9.53 Å². The van der Waals surface area contributed by atoms with Crippen LogP contribution in [-0.2, 0) is 9.53 Å². The summed E-state index contributed by atoms with van der Waals surface area (Å²) in [5, 5.41) is 0. The average Bonchev–Trinajstić information content (AvgIpc) is 2.52. The molecule has 2 heteroatoms. The van der Waals surface area contributed by atoms with Crippen molar-refractivity contribution in [1.82, 2.24) is 0 Å². The van der Waals surface area contributed by atoms with Gasteiger partial charge in [0.1, 0.15) is 6.10 Å². The lowest BCUT2D eigenvalue weighted by Crippen LogP contribution is -2.31. The Morgan fingerprint density at radius 2 is 1.57 bits per heavy atom. The monoisotopic (exact) mass is 294 g/mol. The zero-order valence-electron chi connectivity index (χ0n) is 14.1. The molecule has 1 aliphatic heterocycles. The molecular weight excluding hydrogens is 260 g/mol. The van der Waals surface area contributed by atoms with Crippen LogP contribution in [0.3, 0.4) is 0 Å². The summed E-state index contributed by atoms with van der Waals surface area (Å²) in [6.07, 6.45) is 15.6. The molecular formula is C19H34O2. The van der Waals surface area contributed by atoms with Crippen LogP contribution in [0, 0.1) is 17.8 Å². The largest absolute Gasteiger partial charge is 0.462 e. The standard InChI is InChI=1S/C19H34O2/c1-3-5-6-15-7-9-16(10-8-15)11-13-18-14-12-17(4-2)19(20)21-18/h15-18H,3-14H2,1-2H3. The molecule has 2 aliphatic rings. The minimum absolute atomic E-state index is 0.0667. The summed E-state index contributed by atoms with van der Waals surface area (Å²) in [4.78, 5) is 11.8. The highest BCUT2D eigenvalue weighted by Crippen LogP contribution is 2.35. The lowest BCUT2D eigenvalue weighted by atomic mass is 9.77. The van der Waals surface area contributed by atoms with E-state index in [4.69, 9.17) is 4.74 Å². The molecule has 1 saturated heterocycles. The molecule has 0 aromatic rings. The van der Waals surface area contributed by atoms with Crippen molar-refractivity contribution in [3.63, 3.8) is 0 Å². The molecule has 1 saturated carbocycles. The Morgan fingerprint density at radius 1 is 0.905 bits per heavy atom. The number of unbranched alkanes of at least 4 members (excludes halogenated alkanes) is 1. The minimum atomic E-state index is 0.0667. The molecule has 0 amide bonds. The Bertz CT molecular complexity index is 305. The summed E-state index contributed by atoms with van der Waals surface area (Å²) in [6.45, 7) is 4.38. The number of carbonyl (C=O) groups is 1. The Labute approximate surface area is 131 Å². The summed E-state index contributed by atoms with van der Waals surface area (Å²) in [7, 11) is 0. The molecule has 0 bridgehead atoms. The molecule has 0 aromatic carbocycles. The second-order valence-electron chi connectivity index (χ2n) is 7.35. The van der Waals surface area contributed by atoms with E-state index in [0.29, 0.717) is 0 Å². The van der Waals surface area contributed by atoms with Crippen molar-refractivity contribution >= 4 is 5.97 Å². The number of hydrogen-bond donors (Lipinski definition) is 0. The number of cyclic esters (lactones) is 1. The first kappa shape index (κ1) is 16.8. The minimum Gasteiger partial charge on any atom is -0.462 e. The molecule has 0 spiro atoms. The van der Waals surface area contributed by atoms with Gasteiger partial charge in [-0.3, -0.25) is 4.79 Å². The van der Waals surface area contributed by atoms with Crippen molar-refractivity contribution in [2.24, 2.45) is 17.8 Å². The molecule has 1 heterocycles. The van der Waals surface area contributed by atoms with Gasteiger partial charge < -0.3 is 4.74 Å². The lowest BCUT2D eigenvalue weighted by molar-refractivity contribution is -0.161. The van der Waals surface area contributed by atoms with E-state index in [1.54, 1.807) is 0 Å². The van der Waals surface area contributed by atoms with E-state index in [0.717, 1.165) is 37.5 Å². The third-order valence-electron chi connectivity index (χ3n) is 5.78. The van der Waals surface area contributed by atoms with Crippen LogP contribution in [0.1, 0.15) is 90.9 Å². The van der Waals surface area contributed by atoms with Gasteiger partial charge in [-0.1, -0.05) is 58.8 Å². The second-order valence-corrected chi connectivity index (χ2v) is 7.35. The van der Waals surface area contributed by atoms with E-state index < -0.39 is 0 Å². The normalized spacial score (nSPS) is 33.7. The summed E-state index contributed by atoms with van der Waals surface area (Å²) in [6, 6.07) is 0. The van der Waals surface area contributed by atoms with Crippen molar-refractivity contribution in [2.45, 2.75) is 97.0 Å². The number of ether oxygens (including phenoxy) is 1. The highest BCUT2D eigenvalue weighted by Gasteiger charge is 2.29. The number of rotatable bonds is 7. The third-order valence-corrected chi connectivity index (χ3v) is 5.78. The topological polar surface area (TPSA) is 26.3 Å². The van der Waals surface area contributed by atoms with Crippen LogP contribution in [0.25, 0.3) is 0 Å². The molecule has 1 aliphatic carbocycles. The number of carbonyl (C=O) groups excluding carboxylic acids is 1. The molecule has 0 radical (unpaired) electrons. The lowest BCUT2D eigenvalue weighted by Gasteiger charge is -2.31. The van der Waals surface area contributed by atoms with Gasteiger partial charge in [0.05, 0.1) is 5.92 Å². The molecule has 0 N–H and O–H groups in total. The highest BCUT2D eigenvalue weighted by atomic mass is 16.5. The maximum absolute atomic E-state index is 11.8. The predicted octanol–water partition coefficient (Wildman–Crippen LogP) is 5.50. The maximum Gasteiger partial charge on any atom is 0.309 e. The zero-order valence-corrected chi connectivity index (χ0v) is 14.1. The van der Waals surface area contributed by atoms with Gasteiger partial charge in [-0.2, -0.15) is 0 Å². The molecule has 2 unspecified atom stereocenters. The molecule has 21 heavy (non-hydrogen) atoms. The Morgan fingerprint density at radius 3 is 2.14 bits per heavy atom. The van der Waals surface area contributed by atoms with Gasteiger partial charge >= 0.3 is 5.97 Å². The van der Waals surface area contributed by atoms with Crippen molar-refractivity contribution in [2.75, 3.05) is 0 Å². The predicted molar refractivity (Wildman–Crippen MR) is 87.1 cm³/mol. The van der Waals surface area contributed by atoms with Gasteiger partial charge in [-0.25, -0.2) is 0 Å². The van der Waals surface area contributed by atoms with Gasteiger partial charge in [0.15, 0.2) is 0 Å². The van der Waals surface area contributed by atoms with E-state index >= 15 is 0 Å². The second kappa shape index (κ2) is 8.80. The highest BCUT2D eigenvalue weighted by molar-refractivity contribution is 5.73. The first-order valence-corrected chi connectivity index (χ1v) is 9.43. The van der Waals surface area contributed by atoms with Crippen LogP contribution in [0.4, 0.5) is 0 Å². The van der Waals surface area contributed by atoms with E-state index in [-0.39, 0.29) is 18.0 Å². The number of hydrogen-bond acceptors (Lipinski definition) is 2. The van der Waals surface area contributed by atoms with E-state index in [9.17, 15) is 4.79 Å². The van der Waals surface area contributed by atoms with Crippen LogP contribution >= 0.6 is 0 Å². The fourth-order valence-corrected chi connectivity index (χ4v) is 4.12. The first-order valence-electron chi connectivity index (χ1n) is 9.43. The molecule has 2 nitrogen and oxygen atoms in total. The Kier molecular flexibility index (Phi) is 7.06. The van der Waals surface area contributed by atoms with Gasteiger partial charge in [0.25, 0.3) is 0 Å². The Hall–Kier alpha value is -0.530. The average molecular weight is 294 g/mol. The van der Waals surface area contributed by atoms with Gasteiger partial charge in [-0.15, -0.1) is 0 Å². The maximum atomic E-state index is 11.8. The summed E-state index contributed by atoms with van der Waals surface area (Å²) in [5.74, 6) is 2.14. The molecule has 122 valence electrons. The SMILES string of the molecule is CCCCC1CCC(CCC2CCC(CC)C(=O)O2)CC1. The first-order chi connectivity index (χ1) is 10.2. The van der Waals surface area contributed by atoms with Crippen LogP contribution < -0.4 is 0 Å². The fourth-order valence-electron chi connectivity index (χ4n) is 4.12. The van der Waals surface area contributed by atoms with Crippen molar-refractivity contribution in [3.8, 4) is 0 Å². The summed E-state index contributed by atoms with van der Waals surface area (Å²) < 4.78 is 5.62. The molecule has 0 aromatic heterocycles. The summed E-state index contributed by atoms with van der Waals surface area (Å²) in [5.41, 5.74) is 0. The summed E-state index contributed by atoms with van der Waals surface area (Å²) >= 11 is 0. The van der Waals surface area contributed by atoms with Crippen LogP contribution in [0.5, 0.6) is 0 Å². The van der Waals surface area contributed by atoms with Crippen LogP contribution in [0.2, 0.25) is 0 Å². The van der Waals surface area contributed by atoms with Gasteiger partial charge in [-0.05, 0) is 43.9 Å². The van der Waals surface area contributed by atoms with E-state index in [1.165, 1.54) is 51.4 Å². The van der Waals surface area contributed by atoms with Crippen LogP contribution in [0.15, 0.2) is 0 Å². The third kappa shape index (κ3) is 5.30. The van der Waals surface area contributed by atoms with E-state index in [1.807, 2.05) is 0 Å². The van der Waals surface area contributed by atoms with Gasteiger partial charge in [0, 0.05) is 0 Å². The van der Waals surface area contributed by atoms with Crippen LogP contribution in [-0.4, -0.2) is 12.1 Å². The van der Waals surface area contributed by atoms with Crippen molar-refractivity contribution in [1.29, 1.82) is 0 Å². The number of esters is 1.